The van der Waals surface area contributed by atoms with Gasteiger partial charge in [0.1, 0.15) is 18.2 Å². The number of nitrogens with zero attached hydrogens (tertiary/aromatic N) is 4. The highest BCUT2D eigenvalue weighted by atomic mass is 32.2. The van der Waals surface area contributed by atoms with Crippen molar-refractivity contribution in [1.29, 1.82) is 0 Å². The lowest BCUT2D eigenvalue weighted by atomic mass is 9.98. The van der Waals surface area contributed by atoms with Gasteiger partial charge in [-0.15, -0.1) is 0 Å². The molecule has 1 aromatic heterocycles. The number of amides is 3. The van der Waals surface area contributed by atoms with Crippen LogP contribution in [-0.2, 0) is 4.79 Å². The Bertz CT molecular complexity index is 1190. The first-order chi connectivity index (χ1) is 16.8. The number of carboxylic acid groups (broad SMARTS) is 1. The molecule has 0 spiro atoms. The molecule has 184 valence electrons. The number of ether oxygens (including phenoxy) is 2. The fourth-order valence-electron chi connectivity index (χ4n) is 4.03. The molecule has 2 saturated heterocycles. The smallest absolute Gasteiger partial charge is 0.407 e. The molecule has 0 aliphatic carbocycles. The summed E-state index contributed by atoms with van der Waals surface area (Å²) < 4.78 is 12.1. The summed E-state index contributed by atoms with van der Waals surface area (Å²) in [7, 11) is 1.45. The molecule has 0 radical (unpaired) electrons. The molecule has 1 N–H and O–H groups in total. The van der Waals surface area contributed by atoms with E-state index in [-0.39, 0.29) is 23.3 Å². The van der Waals surface area contributed by atoms with Crippen molar-refractivity contribution in [2.75, 3.05) is 13.6 Å². The minimum atomic E-state index is -0.906. The molecule has 2 unspecified atom stereocenters. The number of carbonyl (C=O) groups excluding carboxylic acids is 2. The molecule has 11 heteroatoms. The zero-order chi connectivity index (χ0) is 25.1. The van der Waals surface area contributed by atoms with Gasteiger partial charge in [0.2, 0.25) is 11.8 Å². The molecule has 2 fully saturated rings. The predicted molar refractivity (Wildman–Crippen MR) is 129 cm³/mol. The number of imide groups is 1. The van der Waals surface area contributed by atoms with Gasteiger partial charge >= 0.3 is 6.09 Å². The standard InChI is InChI=1S/C24H26N4O6S/c1-4-16-12-18(8-9-28(16)23(30)31)34-21-14(2)20(25-13-26-21)33-17-7-5-6-15(10-17)11-19-22(29)27(3)24(32)35-19/h5-7,10-11,13,16,18H,4,8-9,12H2,1-3H3,(H,30,31)/b19-11-. The summed E-state index contributed by atoms with van der Waals surface area (Å²) in [5.41, 5.74) is 1.33. The first-order valence-corrected chi connectivity index (χ1v) is 12.1. The summed E-state index contributed by atoms with van der Waals surface area (Å²) in [6.07, 6.45) is 3.83. The Morgan fingerprint density at radius 2 is 2.06 bits per heavy atom. The molecule has 2 atom stereocenters. The molecule has 2 aliphatic heterocycles. The van der Waals surface area contributed by atoms with E-state index in [4.69, 9.17) is 9.47 Å². The Hall–Kier alpha value is -3.60. The first-order valence-electron chi connectivity index (χ1n) is 11.2. The maximum atomic E-state index is 12.2. The highest BCUT2D eigenvalue weighted by Gasteiger charge is 2.33. The van der Waals surface area contributed by atoms with Gasteiger partial charge in [0.05, 0.1) is 10.5 Å². The minimum absolute atomic E-state index is 0.0963. The van der Waals surface area contributed by atoms with Crippen molar-refractivity contribution in [2.24, 2.45) is 0 Å². The van der Waals surface area contributed by atoms with Crippen LogP contribution in [0.25, 0.3) is 6.08 Å². The van der Waals surface area contributed by atoms with Gasteiger partial charge in [-0.2, -0.15) is 0 Å². The van der Waals surface area contributed by atoms with Gasteiger partial charge in [-0.3, -0.25) is 14.5 Å². The monoisotopic (exact) mass is 498 g/mol. The van der Waals surface area contributed by atoms with E-state index in [1.165, 1.54) is 18.3 Å². The first kappa shape index (κ1) is 24.5. The number of aromatic nitrogens is 2. The van der Waals surface area contributed by atoms with Crippen molar-refractivity contribution in [1.82, 2.24) is 19.8 Å². The summed E-state index contributed by atoms with van der Waals surface area (Å²) in [5, 5.41) is 9.07. The SMILES string of the molecule is CCC1CC(Oc2ncnc(Oc3cccc(/C=C4\SC(=O)N(C)C4=O)c3)c2C)CCN1C(=O)O. The van der Waals surface area contributed by atoms with Crippen molar-refractivity contribution in [2.45, 2.75) is 45.3 Å². The number of carbonyl (C=O) groups is 3. The number of hydrogen-bond acceptors (Lipinski definition) is 8. The van der Waals surface area contributed by atoms with Gasteiger partial charge in [-0.05, 0) is 48.9 Å². The van der Waals surface area contributed by atoms with Crippen LogP contribution in [0.3, 0.4) is 0 Å². The number of likely N-dealkylation sites (tertiary alicyclic amines) is 1. The number of thioether (sulfide) groups is 1. The topological polar surface area (TPSA) is 122 Å². The molecule has 0 saturated carbocycles. The molecule has 1 aromatic carbocycles. The van der Waals surface area contributed by atoms with Gasteiger partial charge in [-0.25, -0.2) is 14.8 Å². The van der Waals surface area contributed by atoms with Crippen LogP contribution in [0.2, 0.25) is 0 Å². The molecule has 2 aliphatic rings. The van der Waals surface area contributed by atoms with Crippen molar-refractivity contribution in [3.8, 4) is 17.5 Å². The number of hydrogen-bond donors (Lipinski definition) is 1. The Morgan fingerprint density at radius 1 is 1.29 bits per heavy atom. The Balaban J connectivity index is 1.47. The molecular weight excluding hydrogens is 472 g/mol. The third-order valence-corrected chi connectivity index (χ3v) is 6.97. The lowest BCUT2D eigenvalue weighted by Crippen LogP contribution is -2.48. The van der Waals surface area contributed by atoms with Crippen LogP contribution in [0.15, 0.2) is 35.5 Å². The summed E-state index contributed by atoms with van der Waals surface area (Å²) in [6.45, 7) is 4.18. The Labute approximate surface area is 206 Å². The maximum absolute atomic E-state index is 12.2. The van der Waals surface area contributed by atoms with Crippen LogP contribution in [0.1, 0.15) is 37.3 Å². The normalized spacial score (nSPS) is 21.5. The Kier molecular flexibility index (Phi) is 7.25. The van der Waals surface area contributed by atoms with E-state index in [1.54, 1.807) is 31.2 Å². The average Bonchev–Trinajstić information content (AvgIpc) is 3.08. The van der Waals surface area contributed by atoms with E-state index < -0.39 is 6.09 Å². The van der Waals surface area contributed by atoms with E-state index in [0.717, 1.165) is 16.7 Å². The van der Waals surface area contributed by atoms with E-state index in [0.29, 0.717) is 59.3 Å². The van der Waals surface area contributed by atoms with Crippen molar-refractivity contribution in [3.05, 3.63) is 46.6 Å². The van der Waals surface area contributed by atoms with Crippen LogP contribution < -0.4 is 9.47 Å². The summed E-state index contributed by atoms with van der Waals surface area (Å²) in [5.74, 6) is 0.893. The molecule has 2 aromatic rings. The minimum Gasteiger partial charge on any atom is -0.474 e. The second-order valence-electron chi connectivity index (χ2n) is 8.33. The number of rotatable bonds is 6. The lowest BCUT2D eigenvalue weighted by Gasteiger charge is -2.37. The third-order valence-electron chi connectivity index (χ3n) is 6.01. The highest BCUT2D eigenvalue weighted by molar-refractivity contribution is 8.18. The van der Waals surface area contributed by atoms with Crippen molar-refractivity contribution >= 4 is 35.1 Å². The summed E-state index contributed by atoms with van der Waals surface area (Å²) in [4.78, 5) is 46.7. The molecule has 3 heterocycles. The fourth-order valence-corrected chi connectivity index (χ4v) is 4.86. The van der Waals surface area contributed by atoms with Gasteiger partial charge in [0.15, 0.2) is 0 Å². The number of piperidine rings is 1. The van der Waals surface area contributed by atoms with Crippen LogP contribution in [0.4, 0.5) is 9.59 Å². The van der Waals surface area contributed by atoms with Gasteiger partial charge < -0.3 is 19.5 Å². The van der Waals surface area contributed by atoms with E-state index in [9.17, 15) is 19.5 Å². The fraction of sp³-hybridized carbons (Fsp3) is 0.375. The molecule has 4 rings (SSSR count). The zero-order valence-electron chi connectivity index (χ0n) is 19.6. The van der Waals surface area contributed by atoms with E-state index >= 15 is 0 Å². The molecule has 35 heavy (non-hydrogen) atoms. The molecule has 0 bridgehead atoms. The molecule has 3 amide bonds. The largest absolute Gasteiger partial charge is 0.474 e. The van der Waals surface area contributed by atoms with Gasteiger partial charge in [0, 0.05) is 32.5 Å². The second-order valence-corrected chi connectivity index (χ2v) is 9.32. The van der Waals surface area contributed by atoms with Crippen LogP contribution >= 0.6 is 11.8 Å². The highest BCUT2D eigenvalue weighted by Crippen LogP contribution is 2.33. The van der Waals surface area contributed by atoms with Crippen molar-refractivity contribution < 1.29 is 29.0 Å². The van der Waals surface area contributed by atoms with E-state index in [1.807, 2.05) is 13.0 Å². The Morgan fingerprint density at radius 3 is 2.74 bits per heavy atom. The predicted octanol–water partition coefficient (Wildman–Crippen LogP) is 4.54. The summed E-state index contributed by atoms with van der Waals surface area (Å²) >= 11 is 0.896. The molecular formula is C24H26N4O6S. The van der Waals surface area contributed by atoms with Gasteiger partial charge in [-0.1, -0.05) is 19.1 Å². The zero-order valence-corrected chi connectivity index (χ0v) is 20.4. The van der Waals surface area contributed by atoms with Crippen molar-refractivity contribution in [3.63, 3.8) is 0 Å². The third kappa shape index (κ3) is 5.40. The second kappa shape index (κ2) is 10.3. The number of benzene rings is 1. The summed E-state index contributed by atoms with van der Waals surface area (Å²) in [6, 6.07) is 7.01. The van der Waals surface area contributed by atoms with Gasteiger partial charge in [0.25, 0.3) is 11.1 Å². The van der Waals surface area contributed by atoms with Crippen LogP contribution in [0.5, 0.6) is 17.5 Å². The number of likely N-dealkylation sites (N-methyl/N-ethyl adjacent to an activating group) is 1. The quantitative estimate of drug-likeness (QED) is 0.572. The maximum Gasteiger partial charge on any atom is 0.407 e. The average molecular weight is 499 g/mol. The van der Waals surface area contributed by atoms with Crippen LogP contribution in [0, 0.1) is 6.92 Å². The van der Waals surface area contributed by atoms with E-state index in [2.05, 4.69) is 9.97 Å². The van der Waals surface area contributed by atoms with Crippen LogP contribution in [-0.4, -0.2) is 67.9 Å². The molecule has 10 nitrogen and oxygen atoms in total. The lowest BCUT2D eigenvalue weighted by molar-refractivity contribution is -0.121.